The van der Waals surface area contributed by atoms with Crippen LogP contribution in [0.5, 0.6) is 0 Å². The number of nitrogens with zero attached hydrogens (tertiary/aromatic N) is 3. The Morgan fingerprint density at radius 1 is 1.17 bits per heavy atom. The van der Waals surface area contributed by atoms with E-state index < -0.39 is 0 Å². The molecular formula is C22H31ClN4O3. The number of carbonyl (C=O) groups excluding carboxylic acids is 2. The summed E-state index contributed by atoms with van der Waals surface area (Å²) in [5.41, 5.74) is 1.62. The topological polar surface area (TPSA) is 66.8 Å². The Bertz CT molecular complexity index is 824. The van der Waals surface area contributed by atoms with E-state index in [4.69, 9.17) is 16.3 Å². The van der Waals surface area contributed by atoms with Crippen LogP contribution in [0, 0.1) is 0 Å². The Labute approximate surface area is 183 Å². The van der Waals surface area contributed by atoms with Gasteiger partial charge in [-0.3, -0.25) is 4.79 Å². The number of anilines is 1. The number of nitrogens with one attached hydrogen (secondary N) is 1. The zero-order valence-electron chi connectivity index (χ0n) is 17.9. The highest BCUT2D eigenvalue weighted by Crippen LogP contribution is 2.16. The molecule has 2 aromatic rings. The van der Waals surface area contributed by atoms with Crippen molar-refractivity contribution < 1.29 is 14.3 Å². The van der Waals surface area contributed by atoms with E-state index in [1.165, 1.54) is 0 Å². The quantitative estimate of drug-likeness (QED) is 0.581. The van der Waals surface area contributed by atoms with E-state index in [1.54, 1.807) is 41.2 Å². The highest BCUT2D eigenvalue weighted by atomic mass is 35.5. The third kappa shape index (κ3) is 7.39. The van der Waals surface area contributed by atoms with Crippen LogP contribution in [0.3, 0.4) is 0 Å². The predicted molar refractivity (Wildman–Crippen MR) is 120 cm³/mol. The van der Waals surface area contributed by atoms with Gasteiger partial charge in [-0.25, -0.2) is 4.79 Å². The van der Waals surface area contributed by atoms with E-state index in [0.717, 1.165) is 18.5 Å². The number of halogens is 1. The van der Waals surface area contributed by atoms with Crippen molar-refractivity contribution in [1.82, 2.24) is 14.4 Å². The number of methoxy groups -OCH3 is 1. The van der Waals surface area contributed by atoms with Gasteiger partial charge in [0.05, 0.1) is 13.2 Å². The maximum Gasteiger partial charge on any atom is 0.322 e. The fourth-order valence-electron chi connectivity index (χ4n) is 2.98. The summed E-state index contributed by atoms with van der Waals surface area (Å²) in [5, 5.41) is 3.38. The molecule has 0 aliphatic heterocycles. The highest BCUT2D eigenvalue weighted by molar-refractivity contribution is 6.30. The maximum absolute atomic E-state index is 13.1. The number of aromatic nitrogens is 1. The maximum atomic E-state index is 13.1. The molecule has 8 heteroatoms. The van der Waals surface area contributed by atoms with E-state index in [9.17, 15) is 9.59 Å². The molecule has 0 aliphatic rings. The number of unbranched alkanes of at least 4 members (excludes halogenated alkanes) is 1. The standard InChI is InChI=1S/C22H31ClN4O3/c1-4-5-12-27(22(29)24-19-9-6-8-18(23)15-19)17-21(28)26(13-14-30-3)16-20-10-7-11-25(20)2/h6-11,15H,4-5,12-14,16-17H2,1-3H3,(H,24,29). The molecule has 0 fully saturated rings. The number of ether oxygens (including phenoxy) is 1. The number of hydrogen-bond donors (Lipinski definition) is 1. The Hall–Kier alpha value is -2.51. The summed E-state index contributed by atoms with van der Waals surface area (Å²) in [4.78, 5) is 29.2. The minimum absolute atomic E-state index is 0.000532. The fourth-order valence-corrected chi connectivity index (χ4v) is 3.17. The molecule has 0 aliphatic carbocycles. The molecule has 3 amide bonds. The molecule has 7 nitrogen and oxygen atoms in total. The molecule has 0 bridgehead atoms. The lowest BCUT2D eigenvalue weighted by Crippen LogP contribution is -2.45. The van der Waals surface area contributed by atoms with Gasteiger partial charge in [-0.15, -0.1) is 0 Å². The summed E-state index contributed by atoms with van der Waals surface area (Å²) in [6, 6.07) is 10.6. The van der Waals surface area contributed by atoms with Crippen molar-refractivity contribution in [1.29, 1.82) is 0 Å². The lowest BCUT2D eigenvalue weighted by Gasteiger charge is -2.28. The van der Waals surface area contributed by atoms with Gasteiger partial charge in [-0.2, -0.15) is 0 Å². The van der Waals surface area contributed by atoms with Crippen LogP contribution in [0.2, 0.25) is 5.02 Å². The second-order valence-electron chi connectivity index (χ2n) is 7.13. The van der Waals surface area contributed by atoms with Gasteiger partial charge in [-0.1, -0.05) is 31.0 Å². The van der Waals surface area contributed by atoms with Crippen LogP contribution in [-0.2, 0) is 23.1 Å². The molecule has 0 spiro atoms. The normalized spacial score (nSPS) is 10.7. The first-order chi connectivity index (χ1) is 14.4. The molecule has 30 heavy (non-hydrogen) atoms. The number of hydrogen-bond acceptors (Lipinski definition) is 3. The Kier molecular flexibility index (Phi) is 9.70. The molecular weight excluding hydrogens is 404 g/mol. The van der Waals surface area contributed by atoms with Crippen LogP contribution in [0.1, 0.15) is 25.5 Å². The van der Waals surface area contributed by atoms with Crippen molar-refractivity contribution in [2.45, 2.75) is 26.3 Å². The lowest BCUT2D eigenvalue weighted by molar-refractivity contribution is -0.133. The minimum atomic E-state index is -0.315. The molecule has 0 atom stereocenters. The zero-order valence-corrected chi connectivity index (χ0v) is 18.7. The summed E-state index contributed by atoms with van der Waals surface area (Å²) >= 11 is 6.01. The second-order valence-corrected chi connectivity index (χ2v) is 7.57. The predicted octanol–water partition coefficient (Wildman–Crippen LogP) is 3.99. The van der Waals surface area contributed by atoms with Crippen LogP contribution in [0.4, 0.5) is 10.5 Å². The van der Waals surface area contributed by atoms with Crippen molar-refractivity contribution >= 4 is 29.2 Å². The monoisotopic (exact) mass is 434 g/mol. The highest BCUT2D eigenvalue weighted by Gasteiger charge is 2.22. The summed E-state index contributed by atoms with van der Waals surface area (Å²) < 4.78 is 7.15. The minimum Gasteiger partial charge on any atom is -0.383 e. The molecule has 1 aromatic carbocycles. The first kappa shape index (κ1) is 23.8. The molecule has 0 unspecified atom stereocenters. The number of aryl methyl sites for hydroxylation is 1. The number of urea groups is 1. The van der Waals surface area contributed by atoms with Gasteiger partial charge in [0.15, 0.2) is 0 Å². The van der Waals surface area contributed by atoms with Crippen LogP contribution in [-0.4, -0.2) is 59.7 Å². The van der Waals surface area contributed by atoms with Crippen LogP contribution < -0.4 is 5.32 Å². The first-order valence-corrected chi connectivity index (χ1v) is 10.5. The van der Waals surface area contributed by atoms with Gasteiger partial charge < -0.3 is 24.4 Å². The van der Waals surface area contributed by atoms with Crippen molar-refractivity contribution in [3.63, 3.8) is 0 Å². The summed E-state index contributed by atoms with van der Waals surface area (Å²) in [7, 11) is 3.55. The van der Waals surface area contributed by atoms with Crippen LogP contribution in [0.25, 0.3) is 0 Å². The Balaban J connectivity index is 2.09. The molecule has 164 valence electrons. The largest absolute Gasteiger partial charge is 0.383 e. The van der Waals surface area contributed by atoms with E-state index in [1.807, 2.05) is 29.9 Å². The molecule has 1 heterocycles. The summed E-state index contributed by atoms with van der Waals surface area (Å²) in [6.45, 7) is 3.90. The van der Waals surface area contributed by atoms with Gasteiger partial charge >= 0.3 is 6.03 Å². The van der Waals surface area contributed by atoms with Crippen LogP contribution in [0.15, 0.2) is 42.6 Å². The molecule has 1 N–H and O–H groups in total. The molecule has 0 saturated carbocycles. The Morgan fingerprint density at radius 2 is 1.97 bits per heavy atom. The van der Waals surface area contributed by atoms with Gasteiger partial charge in [0.2, 0.25) is 5.91 Å². The molecule has 2 rings (SSSR count). The average Bonchev–Trinajstić information content (AvgIpc) is 3.12. The molecule has 0 saturated heterocycles. The number of rotatable bonds is 11. The summed E-state index contributed by atoms with van der Waals surface area (Å²) in [6.07, 6.45) is 3.68. The van der Waals surface area contributed by atoms with Gasteiger partial charge in [0.25, 0.3) is 0 Å². The van der Waals surface area contributed by atoms with Gasteiger partial charge in [-0.05, 0) is 36.8 Å². The number of benzene rings is 1. The van der Waals surface area contributed by atoms with Crippen LogP contribution >= 0.6 is 11.6 Å². The van der Waals surface area contributed by atoms with E-state index >= 15 is 0 Å². The Morgan fingerprint density at radius 3 is 2.60 bits per heavy atom. The van der Waals surface area contributed by atoms with Crippen molar-refractivity contribution in [3.05, 3.63) is 53.3 Å². The summed E-state index contributed by atoms with van der Waals surface area (Å²) in [5.74, 6) is -0.120. The second kappa shape index (κ2) is 12.2. The van der Waals surface area contributed by atoms with E-state index in [-0.39, 0.29) is 18.5 Å². The van der Waals surface area contributed by atoms with Crippen molar-refractivity contribution in [2.24, 2.45) is 7.05 Å². The van der Waals surface area contributed by atoms with E-state index in [2.05, 4.69) is 12.2 Å². The average molecular weight is 435 g/mol. The van der Waals surface area contributed by atoms with Gasteiger partial charge in [0, 0.05) is 49.8 Å². The van der Waals surface area contributed by atoms with Crippen molar-refractivity contribution in [2.75, 3.05) is 38.7 Å². The molecule has 1 aromatic heterocycles. The molecule has 0 radical (unpaired) electrons. The number of amides is 3. The van der Waals surface area contributed by atoms with E-state index in [0.29, 0.717) is 37.0 Å². The smallest absolute Gasteiger partial charge is 0.322 e. The first-order valence-electron chi connectivity index (χ1n) is 10.1. The SMILES string of the molecule is CCCCN(CC(=O)N(CCOC)Cc1cccn1C)C(=O)Nc1cccc(Cl)c1. The van der Waals surface area contributed by atoms with Crippen molar-refractivity contribution in [3.8, 4) is 0 Å². The third-order valence-electron chi connectivity index (χ3n) is 4.79. The fraction of sp³-hybridized carbons (Fsp3) is 0.455. The number of carbonyl (C=O) groups is 2. The van der Waals surface area contributed by atoms with Gasteiger partial charge in [0.1, 0.15) is 6.54 Å². The zero-order chi connectivity index (χ0) is 21.9. The lowest BCUT2D eigenvalue weighted by atomic mass is 10.3. The third-order valence-corrected chi connectivity index (χ3v) is 5.03.